The zero-order valence-corrected chi connectivity index (χ0v) is 33.6. The molecule has 0 fully saturated rings. The van der Waals surface area contributed by atoms with Crippen molar-refractivity contribution in [3.63, 3.8) is 0 Å². The number of rotatable bonds is 5. The summed E-state index contributed by atoms with van der Waals surface area (Å²) in [5, 5.41) is 0. The van der Waals surface area contributed by atoms with Gasteiger partial charge < -0.3 is 4.90 Å². The Balaban J connectivity index is 1.10. The number of benzene rings is 8. The van der Waals surface area contributed by atoms with Gasteiger partial charge in [-0.2, -0.15) is 0 Å². The summed E-state index contributed by atoms with van der Waals surface area (Å²) in [6, 6.07) is 71.3. The molecular weight excluding hydrogens is 711 g/mol. The van der Waals surface area contributed by atoms with E-state index in [0.29, 0.717) is 11.8 Å². The SMILES string of the molecule is CC1(C)c2ccccc2-c2cc(N(c3ccc4c(c3)-c3ccccc3C3C=CCCC43)c3ccc4c(c3)-c3ccccc3C4(c3ccccc3)c3ccccc3)ccc21. The van der Waals surface area contributed by atoms with E-state index < -0.39 is 5.41 Å². The van der Waals surface area contributed by atoms with Crippen LogP contribution < -0.4 is 4.90 Å². The van der Waals surface area contributed by atoms with Gasteiger partial charge in [0.2, 0.25) is 0 Å². The standard InChI is InChI=1S/C58H45N/c1-57(2)53-27-15-13-25-48(53)51-36-41(30-33-54(51)57)59(40-29-32-47-45-23-10-9-21-43(45)44-22-11-12-24-46(44)50(47)35-40)42-31-34-56-52(37-42)49-26-14-16-28-55(49)58(56,38-17-5-3-6-18-38)39-19-7-4-8-20-39/h3-9,11-22,24-37,43,45H,10,23H2,1-2H3. The lowest BCUT2D eigenvalue weighted by atomic mass is 9.68. The maximum Gasteiger partial charge on any atom is 0.0713 e. The maximum absolute atomic E-state index is 2.53. The van der Waals surface area contributed by atoms with Crippen LogP contribution in [0.15, 0.2) is 200 Å². The van der Waals surface area contributed by atoms with Crippen molar-refractivity contribution in [2.45, 2.75) is 49.4 Å². The molecule has 0 N–H and O–H groups in total. The largest absolute Gasteiger partial charge is 0.310 e. The predicted molar refractivity (Wildman–Crippen MR) is 245 cm³/mol. The van der Waals surface area contributed by atoms with Crippen molar-refractivity contribution < 1.29 is 0 Å². The molecule has 4 aliphatic rings. The summed E-state index contributed by atoms with van der Waals surface area (Å²) < 4.78 is 0. The first-order valence-corrected chi connectivity index (χ1v) is 21.3. The van der Waals surface area contributed by atoms with Gasteiger partial charge in [0, 0.05) is 28.4 Å². The fraction of sp³-hybridized carbons (Fsp3) is 0.138. The first-order valence-electron chi connectivity index (χ1n) is 21.3. The third-order valence-corrected chi connectivity index (χ3v) is 14.3. The molecule has 0 heterocycles. The zero-order valence-electron chi connectivity index (χ0n) is 33.6. The molecular formula is C58H45N. The monoisotopic (exact) mass is 755 g/mol. The van der Waals surface area contributed by atoms with Crippen LogP contribution in [0.3, 0.4) is 0 Å². The summed E-state index contributed by atoms with van der Waals surface area (Å²) >= 11 is 0. The van der Waals surface area contributed by atoms with Gasteiger partial charge in [-0.1, -0.05) is 178 Å². The van der Waals surface area contributed by atoms with Gasteiger partial charge in [-0.3, -0.25) is 0 Å². The fourth-order valence-electron chi connectivity index (χ4n) is 11.6. The first-order chi connectivity index (χ1) is 29.0. The van der Waals surface area contributed by atoms with Crippen LogP contribution in [-0.4, -0.2) is 0 Å². The fourth-order valence-corrected chi connectivity index (χ4v) is 11.6. The molecule has 12 rings (SSSR count). The second-order valence-corrected chi connectivity index (χ2v) is 17.5. The smallest absolute Gasteiger partial charge is 0.0713 e. The van der Waals surface area contributed by atoms with Gasteiger partial charge in [-0.25, -0.2) is 0 Å². The molecule has 2 unspecified atom stereocenters. The van der Waals surface area contributed by atoms with E-state index in [4.69, 9.17) is 0 Å². The van der Waals surface area contributed by atoms with Crippen molar-refractivity contribution in [3.8, 4) is 33.4 Å². The average molecular weight is 756 g/mol. The van der Waals surface area contributed by atoms with E-state index in [1.165, 1.54) is 95.7 Å². The molecule has 0 radical (unpaired) electrons. The molecule has 59 heavy (non-hydrogen) atoms. The number of nitrogens with zero attached hydrogens (tertiary/aromatic N) is 1. The van der Waals surface area contributed by atoms with Gasteiger partial charge >= 0.3 is 0 Å². The Hall–Kier alpha value is -6.70. The molecule has 0 aliphatic heterocycles. The van der Waals surface area contributed by atoms with Gasteiger partial charge in [0.1, 0.15) is 0 Å². The van der Waals surface area contributed by atoms with Crippen LogP contribution in [0.4, 0.5) is 17.1 Å². The van der Waals surface area contributed by atoms with Gasteiger partial charge in [-0.15, -0.1) is 0 Å². The summed E-state index contributed by atoms with van der Waals surface area (Å²) in [6.07, 6.45) is 7.17. The van der Waals surface area contributed by atoms with Crippen molar-refractivity contribution in [1.29, 1.82) is 0 Å². The lowest BCUT2D eigenvalue weighted by Crippen LogP contribution is -2.28. The number of allylic oxidation sites excluding steroid dienone is 2. The molecule has 1 heteroatoms. The second-order valence-electron chi connectivity index (χ2n) is 17.5. The molecule has 0 spiro atoms. The number of hydrogen-bond acceptors (Lipinski definition) is 1. The minimum atomic E-state index is -0.443. The molecule has 282 valence electrons. The van der Waals surface area contributed by atoms with Crippen LogP contribution in [0, 0.1) is 0 Å². The molecule has 4 aliphatic carbocycles. The Labute approximate surface area is 348 Å². The predicted octanol–water partition coefficient (Wildman–Crippen LogP) is 15.0. The van der Waals surface area contributed by atoms with Crippen LogP contribution in [0.1, 0.15) is 83.0 Å². The van der Waals surface area contributed by atoms with E-state index in [1.807, 2.05) is 0 Å². The maximum atomic E-state index is 2.53. The van der Waals surface area contributed by atoms with E-state index in [-0.39, 0.29) is 5.41 Å². The van der Waals surface area contributed by atoms with Gasteiger partial charge in [-0.05, 0) is 133 Å². The quantitative estimate of drug-likeness (QED) is 0.158. The van der Waals surface area contributed by atoms with E-state index >= 15 is 0 Å². The van der Waals surface area contributed by atoms with Gasteiger partial charge in [0.25, 0.3) is 0 Å². The van der Waals surface area contributed by atoms with Gasteiger partial charge in [0.15, 0.2) is 0 Å². The number of hydrogen-bond donors (Lipinski definition) is 0. The molecule has 0 bridgehead atoms. The molecule has 0 saturated heterocycles. The highest BCUT2D eigenvalue weighted by atomic mass is 15.1. The van der Waals surface area contributed by atoms with Crippen molar-refractivity contribution in [1.82, 2.24) is 0 Å². The van der Waals surface area contributed by atoms with E-state index in [9.17, 15) is 0 Å². The normalized spacial score (nSPS) is 18.1. The van der Waals surface area contributed by atoms with Crippen LogP contribution in [0.5, 0.6) is 0 Å². The van der Waals surface area contributed by atoms with Crippen molar-refractivity contribution >= 4 is 17.1 Å². The zero-order chi connectivity index (χ0) is 39.3. The Kier molecular flexibility index (Phi) is 7.51. The average Bonchev–Trinajstić information content (AvgIpc) is 3.72. The third-order valence-electron chi connectivity index (χ3n) is 14.3. The minimum Gasteiger partial charge on any atom is -0.310 e. The summed E-state index contributed by atoms with van der Waals surface area (Å²) in [4.78, 5) is 2.53. The molecule has 8 aromatic carbocycles. The van der Waals surface area contributed by atoms with Crippen LogP contribution in [0.2, 0.25) is 0 Å². The van der Waals surface area contributed by atoms with Crippen molar-refractivity contribution in [3.05, 3.63) is 245 Å². The Bertz CT molecular complexity index is 2950. The molecule has 8 aromatic rings. The minimum absolute atomic E-state index is 0.0642. The number of fused-ring (bicyclic) bond motifs is 12. The summed E-state index contributed by atoms with van der Waals surface area (Å²) in [6.45, 7) is 4.74. The lowest BCUT2D eigenvalue weighted by molar-refractivity contribution is 0.547. The molecule has 1 nitrogen and oxygen atoms in total. The second kappa shape index (κ2) is 12.9. The highest BCUT2D eigenvalue weighted by Gasteiger charge is 2.46. The molecule has 0 saturated carbocycles. The van der Waals surface area contributed by atoms with E-state index in [0.717, 1.165) is 12.1 Å². The third kappa shape index (κ3) is 4.85. The molecule has 2 atom stereocenters. The van der Waals surface area contributed by atoms with Crippen LogP contribution in [-0.2, 0) is 10.8 Å². The lowest BCUT2D eigenvalue weighted by Gasteiger charge is -2.37. The summed E-state index contributed by atoms with van der Waals surface area (Å²) in [5.41, 5.74) is 21.9. The Morgan fingerprint density at radius 3 is 1.61 bits per heavy atom. The Morgan fingerprint density at radius 1 is 0.424 bits per heavy atom. The first kappa shape index (κ1) is 34.4. The van der Waals surface area contributed by atoms with Crippen molar-refractivity contribution in [2.75, 3.05) is 4.90 Å². The van der Waals surface area contributed by atoms with Crippen molar-refractivity contribution in [2.24, 2.45) is 0 Å². The molecule has 0 aromatic heterocycles. The number of anilines is 3. The molecule has 0 amide bonds. The van der Waals surface area contributed by atoms with Crippen LogP contribution >= 0.6 is 0 Å². The Morgan fingerprint density at radius 2 is 0.915 bits per heavy atom. The van der Waals surface area contributed by atoms with E-state index in [2.05, 4.69) is 219 Å². The van der Waals surface area contributed by atoms with Crippen LogP contribution in [0.25, 0.3) is 33.4 Å². The van der Waals surface area contributed by atoms with E-state index in [1.54, 1.807) is 0 Å². The summed E-state index contributed by atoms with van der Waals surface area (Å²) in [7, 11) is 0. The highest BCUT2D eigenvalue weighted by Crippen LogP contribution is 2.58. The highest BCUT2D eigenvalue weighted by molar-refractivity contribution is 5.92. The van der Waals surface area contributed by atoms with Gasteiger partial charge in [0.05, 0.1) is 5.41 Å². The topological polar surface area (TPSA) is 3.24 Å². The summed E-state index contributed by atoms with van der Waals surface area (Å²) in [5.74, 6) is 0.924.